The van der Waals surface area contributed by atoms with Gasteiger partial charge in [0, 0.05) is 17.2 Å². The summed E-state index contributed by atoms with van der Waals surface area (Å²) < 4.78 is 0. The van der Waals surface area contributed by atoms with Gasteiger partial charge in [-0.1, -0.05) is 27.2 Å². The lowest BCUT2D eigenvalue weighted by molar-refractivity contribution is 0.582. The molecule has 0 aromatic rings. The highest BCUT2D eigenvalue weighted by molar-refractivity contribution is 5.86. The molecule has 0 aliphatic rings. The van der Waals surface area contributed by atoms with Gasteiger partial charge in [-0.25, -0.2) is 5.43 Å². The average molecular weight is 138 g/mol. The highest BCUT2D eigenvalue weighted by atomic mass is 15.3. The van der Waals surface area contributed by atoms with Crippen molar-refractivity contribution in [3.63, 3.8) is 0 Å². The lowest BCUT2D eigenvalue weighted by Gasteiger charge is -2.16. The van der Waals surface area contributed by atoms with Gasteiger partial charge in [0.15, 0.2) is 0 Å². The quantitative estimate of drug-likeness (QED) is 0.253. The van der Waals surface area contributed by atoms with Gasteiger partial charge in [0.05, 0.1) is 0 Å². The Bertz CT molecular complexity index is 167. The molecule has 0 atom stereocenters. The maximum atomic E-state index is 4.95. The smallest absolute Gasteiger partial charge is 0.0412 e. The maximum absolute atomic E-state index is 4.95. The molecular formula is C8H14N2. The Morgan fingerprint density at radius 2 is 2.00 bits per heavy atom. The Labute approximate surface area is 62.7 Å². The summed E-state index contributed by atoms with van der Waals surface area (Å²) in [5.74, 6) is 0. The van der Waals surface area contributed by atoms with Crippen LogP contribution in [0.2, 0.25) is 0 Å². The zero-order valence-corrected chi connectivity index (χ0v) is 7.02. The van der Waals surface area contributed by atoms with Gasteiger partial charge in [0.1, 0.15) is 0 Å². The summed E-state index contributed by atoms with van der Waals surface area (Å²) in [6.07, 6.45) is 4.95. The SMILES string of the molecule is C#CN/N=C(\C)C(C)(C)C. The number of nitrogens with zero attached hydrogens (tertiary/aromatic N) is 1. The third-order valence-corrected chi connectivity index (χ3v) is 1.37. The number of hydrogen-bond acceptors (Lipinski definition) is 2. The van der Waals surface area contributed by atoms with E-state index in [1.54, 1.807) is 0 Å². The summed E-state index contributed by atoms with van der Waals surface area (Å²) in [4.78, 5) is 0. The summed E-state index contributed by atoms with van der Waals surface area (Å²) in [7, 11) is 0. The number of hydrazone groups is 1. The van der Waals surface area contributed by atoms with Gasteiger partial charge in [-0.3, -0.25) is 0 Å². The van der Waals surface area contributed by atoms with Crippen molar-refractivity contribution in [2.24, 2.45) is 10.5 Å². The van der Waals surface area contributed by atoms with E-state index in [9.17, 15) is 0 Å². The Kier molecular flexibility index (Phi) is 2.95. The Morgan fingerprint density at radius 1 is 1.50 bits per heavy atom. The molecule has 2 heteroatoms. The van der Waals surface area contributed by atoms with E-state index in [0.717, 1.165) is 5.71 Å². The van der Waals surface area contributed by atoms with E-state index in [-0.39, 0.29) is 5.41 Å². The zero-order valence-electron chi connectivity index (χ0n) is 7.02. The third-order valence-electron chi connectivity index (χ3n) is 1.37. The molecule has 0 rings (SSSR count). The molecule has 0 saturated heterocycles. The lowest BCUT2D eigenvalue weighted by atomic mass is 9.91. The molecule has 10 heavy (non-hydrogen) atoms. The lowest BCUT2D eigenvalue weighted by Crippen LogP contribution is -2.19. The van der Waals surface area contributed by atoms with Crippen LogP contribution in [0.1, 0.15) is 27.7 Å². The predicted octanol–water partition coefficient (Wildman–Crippen LogP) is 1.59. The summed E-state index contributed by atoms with van der Waals surface area (Å²) in [6.45, 7) is 8.21. The number of hydrogen-bond donors (Lipinski definition) is 1. The van der Waals surface area contributed by atoms with Crippen LogP contribution in [0.4, 0.5) is 0 Å². The molecule has 0 fully saturated rings. The van der Waals surface area contributed by atoms with Crippen molar-refractivity contribution in [2.45, 2.75) is 27.7 Å². The van der Waals surface area contributed by atoms with E-state index in [0.29, 0.717) is 0 Å². The minimum absolute atomic E-state index is 0.101. The van der Waals surface area contributed by atoms with Crippen molar-refractivity contribution in [3.05, 3.63) is 0 Å². The predicted molar refractivity (Wildman–Crippen MR) is 44.5 cm³/mol. The normalized spacial score (nSPS) is 12.5. The van der Waals surface area contributed by atoms with Crippen molar-refractivity contribution >= 4 is 5.71 Å². The number of rotatable bonds is 1. The van der Waals surface area contributed by atoms with Crippen LogP contribution in [0.3, 0.4) is 0 Å². The topological polar surface area (TPSA) is 24.4 Å². The summed E-state index contributed by atoms with van der Waals surface area (Å²) in [5.41, 5.74) is 3.58. The molecule has 0 aromatic carbocycles. The molecule has 0 radical (unpaired) electrons. The third kappa shape index (κ3) is 3.13. The van der Waals surface area contributed by atoms with Gasteiger partial charge in [-0.2, -0.15) is 5.10 Å². The fourth-order valence-corrected chi connectivity index (χ4v) is 0.284. The first-order chi connectivity index (χ1) is 4.48. The first-order valence-corrected chi connectivity index (χ1v) is 3.24. The standard InChI is InChI=1S/C8H14N2/c1-6-9-10-7(2)8(3,4)5/h1,9H,2-5H3/b10-7+. The molecule has 0 saturated carbocycles. The van der Waals surface area contributed by atoms with Crippen LogP contribution in [-0.4, -0.2) is 5.71 Å². The Balaban J connectivity index is 4.09. The summed E-state index contributed by atoms with van der Waals surface area (Å²) >= 11 is 0. The van der Waals surface area contributed by atoms with E-state index in [4.69, 9.17) is 6.42 Å². The molecule has 0 unspecified atom stereocenters. The fourth-order valence-electron chi connectivity index (χ4n) is 0.284. The molecule has 56 valence electrons. The van der Waals surface area contributed by atoms with Gasteiger partial charge in [-0.05, 0) is 6.92 Å². The zero-order chi connectivity index (χ0) is 8.20. The van der Waals surface area contributed by atoms with Crippen LogP contribution >= 0.6 is 0 Å². The van der Waals surface area contributed by atoms with Gasteiger partial charge in [0.25, 0.3) is 0 Å². The van der Waals surface area contributed by atoms with Crippen LogP contribution in [0.25, 0.3) is 0 Å². The van der Waals surface area contributed by atoms with Crippen LogP contribution in [0.15, 0.2) is 5.10 Å². The molecular weight excluding hydrogens is 124 g/mol. The van der Waals surface area contributed by atoms with E-state index < -0.39 is 0 Å². The summed E-state index contributed by atoms with van der Waals surface area (Å²) in [5, 5.41) is 3.94. The monoisotopic (exact) mass is 138 g/mol. The molecule has 0 spiro atoms. The van der Waals surface area contributed by atoms with E-state index in [2.05, 4.69) is 37.3 Å². The van der Waals surface area contributed by atoms with E-state index >= 15 is 0 Å². The first kappa shape index (κ1) is 9.03. The molecule has 0 amide bonds. The van der Waals surface area contributed by atoms with E-state index in [1.807, 2.05) is 6.92 Å². The maximum Gasteiger partial charge on any atom is 0.0412 e. The van der Waals surface area contributed by atoms with Crippen molar-refractivity contribution in [1.82, 2.24) is 5.43 Å². The van der Waals surface area contributed by atoms with Crippen LogP contribution in [0, 0.1) is 17.9 Å². The van der Waals surface area contributed by atoms with Crippen LogP contribution < -0.4 is 5.43 Å². The van der Waals surface area contributed by atoms with Crippen molar-refractivity contribution in [1.29, 1.82) is 0 Å². The molecule has 0 aromatic heterocycles. The Hall–Kier alpha value is -0.970. The van der Waals surface area contributed by atoms with Crippen LogP contribution in [0.5, 0.6) is 0 Å². The Morgan fingerprint density at radius 3 is 2.30 bits per heavy atom. The summed E-state index contributed by atoms with van der Waals surface area (Å²) in [6, 6.07) is 2.23. The molecule has 1 N–H and O–H groups in total. The molecule has 0 bridgehead atoms. The van der Waals surface area contributed by atoms with Gasteiger partial charge in [-0.15, -0.1) is 0 Å². The number of terminal acetylenes is 1. The van der Waals surface area contributed by atoms with Crippen molar-refractivity contribution in [3.8, 4) is 12.5 Å². The second-order valence-corrected chi connectivity index (χ2v) is 3.20. The average Bonchev–Trinajstić information content (AvgIpc) is 1.80. The second kappa shape index (κ2) is 3.26. The number of nitrogens with one attached hydrogen (secondary N) is 1. The highest BCUT2D eigenvalue weighted by Crippen LogP contribution is 2.14. The minimum atomic E-state index is 0.101. The fraction of sp³-hybridized carbons (Fsp3) is 0.625. The molecule has 0 heterocycles. The molecule has 2 nitrogen and oxygen atoms in total. The first-order valence-electron chi connectivity index (χ1n) is 3.24. The highest BCUT2D eigenvalue weighted by Gasteiger charge is 2.13. The van der Waals surface area contributed by atoms with Crippen LogP contribution in [-0.2, 0) is 0 Å². The molecule has 0 aliphatic heterocycles. The van der Waals surface area contributed by atoms with Gasteiger partial charge < -0.3 is 0 Å². The minimum Gasteiger partial charge on any atom is -0.236 e. The van der Waals surface area contributed by atoms with Gasteiger partial charge in [0.2, 0.25) is 0 Å². The van der Waals surface area contributed by atoms with E-state index in [1.165, 1.54) is 0 Å². The second-order valence-electron chi connectivity index (χ2n) is 3.20. The molecule has 0 aliphatic carbocycles. The van der Waals surface area contributed by atoms with Crippen molar-refractivity contribution < 1.29 is 0 Å². The largest absolute Gasteiger partial charge is 0.236 e. The van der Waals surface area contributed by atoms with Gasteiger partial charge >= 0.3 is 0 Å². The van der Waals surface area contributed by atoms with Crippen molar-refractivity contribution in [2.75, 3.05) is 0 Å².